The Morgan fingerprint density at radius 1 is 1.44 bits per heavy atom. The van der Waals surface area contributed by atoms with Crippen molar-refractivity contribution < 1.29 is 0 Å². The number of hydrogen-bond acceptors (Lipinski definition) is 4. The Labute approximate surface area is 111 Å². The van der Waals surface area contributed by atoms with Crippen molar-refractivity contribution in [3.63, 3.8) is 0 Å². The topological polar surface area (TPSA) is 28.2 Å². The molecular formula is C14H17N3S. The number of aromatic nitrogens is 1. The van der Waals surface area contributed by atoms with Crippen LogP contribution in [-0.4, -0.2) is 29.5 Å². The fraction of sp³-hybridized carbons (Fsp3) is 0.357. The first-order chi connectivity index (χ1) is 8.93. The van der Waals surface area contributed by atoms with Gasteiger partial charge < -0.3 is 5.32 Å². The quantitative estimate of drug-likeness (QED) is 0.916. The molecule has 3 heterocycles. The largest absolute Gasteiger partial charge is 0.314 e. The van der Waals surface area contributed by atoms with Crippen molar-refractivity contribution >= 4 is 11.3 Å². The zero-order valence-electron chi connectivity index (χ0n) is 10.2. The zero-order chi connectivity index (χ0) is 12.2. The Kier molecular flexibility index (Phi) is 3.69. The van der Waals surface area contributed by atoms with Gasteiger partial charge >= 0.3 is 0 Å². The second-order valence-electron chi connectivity index (χ2n) is 4.61. The molecule has 2 aromatic heterocycles. The molecule has 0 bridgehead atoms. The van der Waals surface area contributed by atoms with Crippen LogP contribution in [0.4, 0.5) is 0 Å². The van der Waals surface area contributed by atoms with Crippen LogP contribution in [0.1, 0.15) is 17.2 Å². The van der Waals surface area contributed by atoms with E-state index in [0.29, 0.717) is 6.04 Å². The van der Waals surface area contributed by atoms with Crippen LogP contribution in [0.5, 0.6) is 0 Å². The molecule has 1 saturated heterocycles. The third-order valence-electron chi connectivity index (χ3n) is 3.39. The summed E-state index contributed by atoms with van der Waals surface area (Å²) >= 11 is 1.77. The fourth-order valence-electron chi connectivity index (χ4n) is 2.45. The van der Waals surface area contributed by atoms with Crippen molar-refractivity contribution in [2.75, 3.05) is 19.6 Å². The minimum Gasteiger partial charge on any atom is -0.314 e. The average Bonchev–Trinajstić information content (AvgIpc) is 2.93. The van der Waals surface area contributed by atoms with E-state index < -0.39 is 0 Å². The van der Waals surface area contributed by atoms with Gasteiger partial charge in [0.05, 0.1) is 0 Å². The molecule has 3 rings (SSSR count). The first kappa shape index (κ1) is 11.8. The van der Waals surface area contributed by atoms with Crippen LogP contribution in [0.25, 0.3) is 0 Å². The number of pyridine rings is 1. The molecule has 4 heteroatoms. The second kappa shape index (κ2) is 5.61. The van der Waals surface area contributed by atoms with Crippen LogP contribution in [0.15, 0.2) is 41.4 Å². The number of nitrogens with zero attached hydrogens (tertiary/aromatic N) is 2. The minimum absolute atomic E-state index is 0.437. The van der Waals surface area contributed by atoms with E-state index in [1.165, 1.54) is 11.1 Å². The van der Waals surface area contributed by atoms with Crippen LogP contribution < -0.4 is 5.32 Å². The Morgan fingerprint density at radius 2 is 2.44 bits per heavy atom. The van der Waals surface area contributed by atoms with Gasteiger partial charge in [0.2, 0.25) is 0 Å². The predicted octanol–water partition coefficient (Wildman–Crippen LogP) is 2.29. The molecule has 94 valence electrons. The molecule has 1 aliphatic heterocycles. The van der Waals surface area contributed by atoms with E-state index >= 15 is 0 Å². The lowest BCUT2D eigenvalue weighted by atomic mass is 10.0. The molecule has 0 radical (unpaired) electrons. The summed E-state index contributed by atoms with van der Waals surface area (Å²) in [5.41, 5.74) is 2.72. The molecule has 3 nitrogen and oxygen atoms in total. The van der Waals surface area contributed by atoms with E-state index in [9.17, 15) is 0 Å². The Morgan fingerprint density at radius 3 is 3.22 bits per heavy atom. The van der Waals surface area contributed by atoms with Gasteiger partial charge in [0.15, 0.2) is 0 Å². The highest BCUT2D eigenvalue weighted by Gasteiger charge is 2.23. The van der Waals surface area contributed by atoms with Crippen molar-refractivity contribution in [1.29, 1.82) is 0 Å². The van der Waals surface area contributed by atoms with Crippen LogP contribution in [0, 0.1) is 0 Å². The summed E-state index contributed by atoms with van der Waals surface area (Å²) in [6, 6.07) is 6.85. The number of thiophene rings is 1. The fourth-order valence-corrected chi connectivity index (χ4v) is 3.11. The van der Waals surface area contributed by atoms with Crippen molar-refractivity contribution in [3.8, 4) is 0 Å². The second-order valence-corrected chi connectivity index (χ2v) is 5.39. The summed E-state index contributed by atoms with van der Waals surface area (Å²) in [7, 11) is 0. The maximum absolute atomic E-state index is 4.24. The zero-order valence-corrected chi connectivity index (χ0v) is 11.1. The molecule has 18 heavy (non-hydrogen) atoms. The summed E-state index contributed by atoms with van der Waals surface area (Å²) in [6.07, 6.45) is 3.82. The third kappa shape index (κ3) is 2.61. The average molecular weight is 259 g/mol. The normalized spacial score (nSPS) is 21.0. The molecule has 2 aromatic rings. The molecule has 1 atom stereocenters. The van der Waals surface area contributed by atoms with Gasteiger partial charge in [0.1, 0.15) is 0 Å². The SMILES string of the molecule is c1cncc(C2CNCCN2Cc2ccsc2)c1. The first-order valence-electron chi connectivity index (χ1n) is 6.29. The van der Waals surface area contributed by atoms with Gasteiger partial charge in [-0.1, -0.05) is 6.07 Å². The van der Waals surface area contributed by atoms with Gasteiger partial charge in [0, 0.05) is 44.6 Å². The number of hydrogen-bond donors (Lipinski definition) is 1. The number of nitrogens with one attached hydrogen (secondary N) is 1. The van der Waals surface area contributed by atoms with Crippen molar-refractivity contribution in [2.24, 2.45) is 0 Å². The van der Waals surface area contributed by atoms with E-state index in [0.717, 1.165) is 26.2 Å². The highest BCUT2D eigenvalue weighted by molar-refractivity contribution is 7.07. The van der Waals surface area contributed by atoms with Gasteiger partial charge in [-0.05, 0) is 34.0 Å². The highest BCUT2D eigenvalue weighted by atomic mass is 32.1. The lowest BCUT2D eigenvalue weighted by Crippen LogP contribution is -2.45. The Balaban J connectivity index is 1.78. The summed E-state index contributed by atoms with van der Waals surface area (Å²) in [5, 5.41) is 7.86. The van der Waals surface area contributed by atoms with Crippen molar-refractivity contribution in [2.45, 2.75) is 12.6 Å². The summed E-state index contributed by atoms with van der Waals surface area (Å²) in [6.45, 7) is 4.21. The van der Waals surface area contributed by atoms with Crippen LogP contribution in [-0.2, 0) is 6.54 Å². The van der Waals surface area contributed by atoms with E-state index in [4.69, 9.17) is 0 Å². The lowest BCUT2D eigenvalue weighted by molar-refractivity contribution is 0.153. The lowest BCUT2D eigenvalue weighted by Gasteiger charge is -2.36. The molecule has 0 amide bonds. The van der Waals surface area contributed by atoms with Gasteiger partial charge in [-0.25, -0.2) is 0 Å². The molecule has 1 unspecified atom stereocenters. The van der Waals surface area contributed by atoms with Crippen LogP contribution in [0.2, 0.25) is 0 Å². The van der Waals surface area contributed by atoms with E-state index in [1.54, 1.807) is 11.3 Å². The van der Waals surface area contributed by atoms with Gasteiger partial charge in [-0.3, -0.25) is 9.88 Å². The Bertz CT molecular complexity index is 469. The van der Waals surface area contributed by atoms with Gasteiger partial charge in [-0.2, -0.15) is 11.3 Å². The Hall–Kier alpha value is -1.23. The standard InChI is InChI=1S/C14H17N3S/c1-2-13(8-15-4-1)14-9-16-5-6-17(14)10-12-3-7-18-11-12/h1-4,7-8,11,14,16H,5-6,9-10H2. The summed E-state index contributed by atoms with van der Waals surface area (Å²) in [5.74, 6) is 0. The predicted molar refractivity (Wildman–Crippen MR) is 74.6 cm³/mol. The molecule has 0 aromatic carbocycles. The molecule has 0 saturated carbocycles. The molecule has 1 aliphatic rings. The van der Waals surface area contributed by atoms with E-state index in [1.807, 2.05) is 18.5 Å². The maximum Gasteiger partial charge on any atom is 0.0491 e. The molecular weight excluding hydrogens is 242 g/mol. The van der Waals surface area contributed by atoms with E-state index in [2.05, 4.69) is 38.1 Å². The summed E-state index contributed by atoms with van der Waals surface area (Å²) in [4.78, 5) is 6.78. The maximum atomic E-state index is 4.24. The van der Waals surface area contributed by atoms with Crippen molar-refractivity contribution in [1.82, 2.24) is 15.2 Å². The molecule has 1 N–H and O–H groups in total. The highest BCUT2D eigenvalue weighted by Crippen LogP contribution is 2.23. The number of rotatable bonds is 3. The monoisotopic (exact) mass is 259 g/mol. The van der Waals surface area contributed by atoms with Gasteiger partial charge in [-0.15, -0.1) is 0 Å². The van der Waals surface area contributed by atoms with Crippen molar-refractivity contribution in [3.05, 3.63) is 52.5 Å². The third-order valence-corrected chi connectivity index (χ3v) is 4.12. The van der Waals surface area contributed by atoms with Crippen LogP contribution >= 0.6 is 11.3 Å². The minimum atomic E-state index is 0.437. The van der Waals surface area contributed by atoms with Crippen LogP contribution in [0.3, 0.4) is 0 Å². The first-order valence-corrected chi connectivity index (χ1v) is 7.23. The van der Waals surface area contributed by atoms with Gasteiger partial charge in [0.25, 0.3) is 0 Å². The van der Waals surface area contributed by atoms with E-state index in [-0.39, 0.29) is 0 Å². The smallest absolute Gasteiger partial charge is 0.0491 e. The molecule has 1 fully saturated rings. The molecule has 0 aliphatic carbocycles. The molecule has 0 spiro atoms. The number of piperazine rings is 1. The summed E-state index contributed by atoms with van der Waals surface area (Å²) < 4.78 is 0.